The monoisotopic (exact) mass is 212 g/mol. The second-order valence-corrected chi connectivity index (χ2v) is 4.05. The first-order chi connectivity index (χ1) is 7.24. The zero-order valence-corrected chi connectivity index (χ0v) is 9.35. The van der Waals surface area contributed by atoms with Gasteiger partial charge in [0.05, 0.1) is 0 Å². The van der Waals surface area contributed by atoms with Crippen molar-refractivity contribution in [2.75, 3.05) is 0 Å². The molecule has 0 aliphatic carbocycles. The molecule has 0 aliphatic rings. The van der Waals surface area contributed by atoms with E-state index >= 15 is 0 Å². The number of hydrogen-bond donors (Lipinski definition) is 0. The van der Waals surface area contributed by atoms with E-state index in [-0.39, 0.29) is 11.8 Å². The molecule has 0 aromatic carbocycles. The lowest BCUT2D eigenvalue weighted by molar-refractivity contribution is -0.113. The second-order valence-electron chi connectivity index (χ2n) is 4.05. The van der Waals surface area contributed by atoms with E-state index in [2.05, 4.69) is 0 Å². The third-order valence-electron chi connectivity index (χ3n) is 2.50. The molecule has 0 saturated heterocycles. The average Bonchev–Trinajstić information content (AvgIpc) is 2.26. The van der Waals surface area contributed by atoms with Crippen LogP contribution in [0.4, 0.5) is 0 Å². The van der Waals surface area contributed by atoms with Crippen molar-refractivity contribution in [3.8, 4) is 0 Å². The molecule has 0 rings (SSSR count). The van der Waals surface area contributed by atoms with E-state index in [1.54, 1.807) is 0 Å². The lowest BCUT2D eigenvalue weighted by atomic mass is 9.93. The van der Waals surface area contributed by atoms with Crippen LogP contribution in [0.25, 0.3) is 0 Å². The molecule has 0 bridgehead atoms. The first-order valence-corrected chi connectivity index (χ1v) is 5.58. The van der Waals surface area contributed by atoms with E-state index in [9.17, 15) is 14.4 Å². The molecule has 0 aromatic rings. The zero-order valence-electron chi connectivity index (χ0n) is 9.35. The number of carbonyl (C=O) groups excluding carboxylic acids is 3. The van der Waals surface area contributed by atoms with Crippen LogP contribution in [0.15, 0.2) is 0 Å². The zero-order chi connectivity index (χ0) is 11.5. The molecule has 15 heavy (non-hydrogen) atoms. The van der Waals surface area contributed by atoms with Crippen molar-refractivity contribution in [1.29, 1.82) is 0 Å². The second kappa shape index (κ2) is 9.56. The van der Waals surface area contributed by atoms with Gasteiger partial charge in [0.25, 0.3) is 0 Å². The predicted octanol–water partition coefficient (Wildman–Crippen LogP) is 2.18. The Bertz CT molecular complexity index is 189. The Morgan fingerprint density at radius 3 is 2.27 bits per heavy atom. The Labute approximate surface area is 91.2 Å². The van der Waals surface area contributed by atoms with Crippen LogP contribution in [0.2, 0.25) is 0 Å². The fourth-order valence-electron chi connectivity index (χ4n) is 1.59. The Hall–Kier alpha value is -0.990. The summed E-state index contributed by atoms with van der Waals surface area (Å²) in [5, 5.41) is 0. The minimum absolute atomic E-state index is 0.00133. The highest BCUT2D eigenvalue weighted by atomic mass is 16.1. The van der Waals surface area contributed by atoms with Crippen molar-refractivity contribution in [1.82, 2.24) is 0 Å². The SMILES string of the molecule is CC(C=O)CC(C=O)CCCCCC=O. The summed E-state index contributed by atoms with van der Waals surface area (Å²) < 4.78 is 0. The van der Waals surface area contributed by atoms with E-state index in [4.69, 9.17) is 0 Å². The van der Waals surface area contributed by atoms with Gasteiger partial charge in [-0.05, 0) is 19.3 Å². The number of aldehydes is 3. The molecule has 0 aromatic heterocycles. The topological polar surface area (TPSA) is 51.2 Å². The first kappa shape index (κ1) is 14.0. The van der Waals surface area contributed by atoms with Gasteiger partial charge in [-0.25, -0.2) is 0 Å². The van der Waals surface area contributed by atoms with Crippen LogP contribution in [0.1, 0.15) is 45.4 Å². The van der Waals surface area contributed by atoms with Gasteiger partial charge in [-0.1, -0.05) is 19.8 Å². The maximum atomic E-state index is 10.7. The van der Waals surface area contributed by atoms with Crippen LogP contribution in [-0.4, -0.2) is 18.9 Å². The van der Waals surface area contributed by atoms with Crippen LogP contribution < -0.4 is 0 Å². The van der Waals surface area contributed by atoms with Crippen molar-refractivity contribution in [2.24, 2.45) is 11.8 Å². The highest BCUT2D eigenvalue weighted by Gasteiger charge is 2.11. The first-order valence-electron chi connectivity index (χ1n) is 5.58. The van der Waals surface area contributed by atoms with Crippen molar-refractivity contribution < 1.29 is 14.4 Å². The quantitative estimate of drug-likeness (QED) is 0.412. The standard InChI is InChI=1S/C12H20O3/c1-11(9-14)8-12(10-15)6-4-2-3-5-7-13/h7,9-12H,2-6,8H2,1H3. The van der Waals surface area contributed by atoms with Gasteiger partial charge < -0.3 is 14.4 Å². The molecule has 2 atom stereocenters. The maximum absolute atomic E-state index is 10.7. The van der Waals surface area contributed by atoms with Crippen LogP contribution in [0.3, 0.4) is 0 Å². The van der Waals surface area contributed by atoms with Gasteiger partial charge in [0.1, 0.15) is 18.9 Å². The van der Waals surface area contributed by atoms with Crippen molar-refractivity contribution in [3.05, 3.63) is 0 Å². The van der Waals surface area contributed by atoms with Crippen LogP contribution >= 0.6 is 0 Å². The third-order valence-corrected chi connectivity index (χ3v) is 2.50. The van der Waals surface area contributed by atoms with Crippen LogP contribution in [0.5, 0.6) is 0 Å². The Balaban J connectivity index is 3.56. The van der Waals surface area contributed by atoms with E-state index < -0.39 is 0 Å². The highest BCUT2D eigenvalue weighted by molar-refractivity contribution is 5.57. The van der Waals surface area contributed by atoms with Gasteiger partial charge >= 0.3 is 0 Å². The smallest absolute Gasteiger partial charge is 0.123 e. The maximum Gasteiger partial charge on any atom is 0.123 e. The van der Waals surface area contributed by atoms with Crippen molar-refractivity contribution >= 4 is 18.9 Å². The van der Waals surface area contributed by atoms with Gasteiger partial charge in [0.15, 0.2) is 0 Å². The summed E-state index contributed by atoms with van der Waals surface area (Å²) in [6.45, 7) is 1.83. The summed E-state index contributed by atoms with van der Waals surface area (Å²) in [5.74, 6) is -0.0309. The molecule has 0 radical (unpaired) electrons. The largest absolute Gasteiger partial charge is 0.303 e. The molecule has 86 valence electrons. The summed E-state index contributed by atoms with van der Waals surface area (Å²) in [5.41, 5.74) is 0. The van der Waals surface area contributed by atoms with Crippen LogP contribution in [0, 0.1) is 11.8 Å². The molecule has 0 heterocycles. The molecule has 0 saturated carbocycles. The fraction of sp³-hybridized carbons (Fsp3) is 0.750. The van der Waals surface area contributed by atoms with Crippen molar-refractivity contribution in [3.63, 3.8) is 0 Å². The van der Waals surface area contributed by atoms with Gasteiger partial charge in [-0.15, -0.1) is 0 Å². The summed E-state index contributed by atoms with van der Waals surface area (Å²) in [6, 6.07) is 0. The molecular formula is C12H20O3. The molecule has 0 fully saturated rings. The van der Waals surface area contributed by atoms with E-state index in [1.165, 1.54) is 0 Å². The predicted molar refractivity (Wildman–Crippen MR) is 58.5 cm³/mol. The summed E-state index contributed by atoms with van der Waals surface area (Å²) in [6.07, 6.45) is 7.70. The van der Waals surface area contributed by atoms with Gasteiger partial charge in [0.2, 0.25) is 0 Å². The van der Waals surface area contributed by atoms with Gasteiger partial charge in [0, 0.05) is 18.3 Å². The molecule has 0 aliphatic heterocycles. The summed E-state index contributed by atoms with van der Waals surface area (Å²) in [7, 11) is 0. The number of carbonyl (C=O) groups is 3. The minimum atomic E-state index is -0.0322. The number of unbranched alkanes of at least 4 members (excludes halogenated alkanes) is 3. The van der Waals surface area contributed by atoms with E-state index in [0.29, 0.717) is 12.8 Å². The molecule has 0 N–H and O–H groups in total. The van der Waals surface area contributed by atoms with Crippen LogP contribution in [-0.2, 0) is 14.4 Å². The molecule has 2 unspecified atom stereocenters. The van der Waals surface area contributed by atoms with Gasteiger partial charge in [-0.3, -0.25) is 0 Å². The van der Waals surface area contributed by atoms with Gasteiger partial charge in [-0.2, -0.15) is 0 Å². The molecule has 3 heteroatoms. The lowest BCUT2D eigenvalue weighted by Gasteiger charge is -2.11. The Morgan fingerprint density at radius 1 is 1.00 bits per heavy atom. The lowest BCUT2D eigenvalue weighted by Crippen LogP contribution is -2.08. The number of hydrogen-bond acceptors (Lipinski definition) is 3. The van der Waals surface area contributed by atoms with E-state index in [0.717, 1.165) is 44.5 Å². The molecular weight excluding hydrogens is 192 g/mol. The average molecular weight is 212 g/mol. The Kier molecular flexibility index (Phi) is 8.93. The molecule has 0 spiro atoms. The molecule has 3 nitrogen and oxygen atoms in total. The minimum Gasteiger partial charge on any atom is -0.303 e. The highest BCUT2D eigenvalue weighted by Crippen LogP contribution is 2.16. The van der Waals surface area contributed by atoms with E-state index in [1.807, 2.05) is 6.92 Å². The Morgan fingerprint density at radius 2 is 1.73 bits per heavy atom. The normalized spacial score (nSPS) is 14.2. The number of rotatable bonds is 10. The fourth-order valence-corrected chi connectivity index (χ4v) is 1.59. The third kappa shape index (κ3) is 8.03. The summed E-state index contributed by atoms with van der Waals surface area (Å²) >= 11 is 0. The molecule has 0 amide bonds. The summed E-state index contributed by atoms with van der Waals surface area (Å²) in [4.78, 5) is 31.2. The van der Waals surface area contributed by atoms with Crippen molar-refractivity contribution in [2.45, 2.75) is 45.4 Å².